The number of likely N-dealkylation sites (tertiary alicyclic amines) is 1. The van der Waals surface area contributed by atoms with E-state index in [0.717, 1.165) is 25.9 Å². The molecule has 1 fully saturated rings. The zero-order valence-electron chi connectivity index (χ0n) is 10.1. The minimum absolute atomic E-state index is 0.108. The molecule has 3 nitrogen and oxygen atoms in total. The monoisotopic (exact) mass is 309 g/mol. The molecular formula is C14H16BrNO2. The molecule has 0 spiro atoms. The van der Waals surface area contributed by atoms with E-state index in [1.54, 1.807) is 29.2 Å². The highest BCUT2D eigenvalue weighted by Crippen LogP contribution is 2.16. The van der Waals surface area contributed by atoms with E-state index in [4.69, 9.17) is 0 Å². The average molecular weight is 310 g/mol. The molecule has 1 amide bonds. The largest absolute Gasteiger partial charge is 0.341 e. The molecule has 1 aromatic carbocycles. The van der Waals surface area contributed by atoms with Crippen molar-refractivity contribution in [2.24, 2.45) is 0 Å². The van der Waals surface area contributed by atoms with Crippen LogP contribution in [0.15, 0.2) is 30.3 Å². The van der Waals surface area contributed by atoms with Gasteiger partial charge in [0.2, 0.25) is 5.91 Å². The van der Waals surface area contributed by atoms with E-state index in [2.05, 4.69) is 15.9 Å². The fourth-order valence-electron chi connectivity index (χ4n) is 2.14. The van der Waals surface area contributed by atoms with Gasteiger partial charge in [-0.2, -0.15) is 0 Å². The molecule has 18 heavy (non-hydrogen) atoms. The van der Waals surface area contributed by atoms with Gasteiger partial charge in [0, 0.05) is 18.7 Å². The summed E-state index contributed by atoms with van der Waals surface area (Å²) in [7, 11) is 0. The van der Waals surface area contributed by atoms with Crippen LogP contribution in [0, 0.1) is 0 Å². The average Bonchev–Trinajstić information content (AvgIpc) is 2.47. The first kappa shape index (κ1) is 13.3. The number of carbonyl (C=O) groups is 2. The van der Waals surface area contributed by atoms with Crippen LogP contribution in [0.4, 0.5) is 0 Å². The molecule has 0 radical (unpaired) electrons. The predicted octanol–water partition coefficient (Wildman–Crippen LogP) is 2.65. The fourth-order valence-corrected chi connectivity index (χ4v) is 2.69. The SMILES string of the molecule is O=C(c1ccccc1)C(Br)C(=O)N1CCCCC1. The van der Waals surface area contributed by atoms with Crippen molar-refractivity contribution in [1.82, 2.24) is 4.90 Å². The summed E-state index contributed by atoms with van der Waals surface area (Å²) in [6, 6.07) is 8.93. The number of nitrogens with zero attached hydrogens (tertiary/aromatic N) is 1. The molecule has 0 N–H and O–H groups in total. The van der Waals surface area contributed by atoms with Crippen LogP contribution in [0.2, 0.25) is 0 Å². The van der Waals surface area contributed by atoms with Gasteiger partial charge in [-0.05, 0) is 19.3 Å². The Kier molecular flexibility index (Phi) is 4.53. The van der Waals surface area contributed by atoms with Crippen LogP contribution >= 0.6 is 15.9 Å². The Balaban J connectivity index is 2.04. The van der Waals surface area contributed by atoms with E-state index in [0.29, 0.717) is 5.56 Å². The van der Waals surface area contributed by atoms with Crippen molar-refractivity contribution >= 4 is 27.6 Å². The summed E-state index contributed by atoms with van der Waals surface area (Å²) < 4.78 is 0. The Morgan fingerprint density at radius 1 is 1.06 bits per heavy atom. The third-order valence-electron chi connectivity index (χ3n) is 3.17. The van der Waals surface area contributed by atoms with Gasteiger partial charge in [0.15, 0.2) is 10.6 Å². The summed E-state index contributed by atoms with van der Waals surface area (Å²) in [5.41, 5.74) is 0.574. The summed E-state index contributed by atoms with van der Waals surface area (Å²) in [5.74, 6) is -0.269. The van der Waals surface area contributed by atoms with Gasteiger partial charge in [-0.15, -0.1) is 0 Å². The van der Waals surface area contributed by atoms with Crippen LogP contribution in [0.3, 0.4) is 0 Å². The van der Waals surface area contributed by atoms with Crippen molar-refractivity contribution in [3.05, 3.63) is 35.9 Å². The van der Waals surface area contributed by atoms with Crippen molar-refractivity contribution in [2.45, 2.75) is 24.1 Å². The van der Waals surface area contributed by atoms with E-state index in [9.17, 15) is 9.59 Å². The number of Topliss-reactive ketones (excluding diaryl/α,β-unsaturated/α-hetero) is 1. The number of hydrogen-bond acceptors (Lipinski definition) is 2. The standard InChI is InChI=1S/C14H16BrNO2/c15-12(13(17)11-7-3-1-4-8-11)14(18)16-9-5-2-6-10-16/h1,3-4,7-8,12H,2,5-6,9-10H2. The number of halogens is 1. The van der Waals surface area contributed by atoms with Crippen LogP contribution in [0.1, 0.15) is 29.6 Å². The number of rotatable bonds is 3. The summed E-state index contributed by atoms with van der Waals surface area (Å²) in [4.78, 5) is 25.3. The van der Waals surface area contributed by atoms with Gasteiger partial charge in [0.25, 0.3) is 0 Å². The molecule has 4 heteroatoms. The molecule has 1 heterocycles. The molecule has 0 aliphatic carbocycles. The van der Waals surface area contributed by atoms with Crippen molar-refractivity contribution in [1.29, 1.82) is 0 Å². The summed E-state index contributed by atoms with van der Waals surface area (Å²) >= 11 is 3.24. The molecule has 1 unspecified atom stereocenters. The van der Waals surface area contributed by atoms with Gasteiger partial charge in [0.1, 0.15) is 0 Å². The summed E-state index contributed by atoms with van der Waals surface area (Å²) in [6.45, 7) is 1.53. The summed E-state index contributed by atoms with van der Waals surface area (Å²) in [6.07, 6.45) is 3.24. The van der Waals surface area contributed by atoms with Crippen molar-refractivity contribution in [2.75, 3.05) is 13.1 Å². The van der Waals surface area contributed by atoms with E-state index in [1.165, 1.54) is 6.42 Å². The highest BCUT2D eigenvalue weighted by Gasteiger charge is 2.29. The number of ketones is 1. The Hall–Kier alpha value is -1.16. The third-order valence-corrected chi connectivity index (χ3v) is 3.98. The van der Waals surface area contributed by atoms with Crippen LogP contribution < -0.4 is 0 Å². The highest BCUT2D eigenvalue weighted by molar-refractivity contribution is 9.10. The molecule has 1 saturated heterocycles. The second-order valence-corrected chi connectivity index (χ2v) is 5.39. The molecular weight excluding hydrogens is 294 g/mol. The zero-order chi connectivity index (χ0) is 13.0. The van der Waals surface area contributed by atoms with Gasteiger partial charge in [-0.25, -0.2) is 0 Å². The molecule has 2 rings (SSSR count). The minimum Gasteiger partial charge on any atom is -0.341 e. The number of benzene rings is 1. The normalized spacial score (nSPS) is 17.3. The van der Waals surface area contributed by atoms with E-state index < -0.39 is 4.83 Å². The first-order chi connectivity index (χ1) is 8.70. The lowest BCUT2D eigenvalue weighted by Crippen LogP contribution is -2.42. The smallest absolute Gasteiger partial charge is 0.244 e. The molecule has 0 saturated carbocycles. The zero-order valence-corrected chi connectivity index (χ0v) is 11.7. The topological polar surface area (TPSA) is 37.4 Å². The number of carbonyl (C=O) groups excluding carboxylic acids is 2. The molecule has 1 aromatic rings. The molecule has 1 atom stereocenters. The molecule has 1 aliphatic rings. The molecule has 96 valence electrons. The van der Waals surface area contributed by atoms with Crippen LogP contribution in [-0.2, 0) is 4.79 Å². The maximum absolute atomic E-state index is 12.2. The minimum atomic E-state index is -0.752. The number of amides is 1. The third kappa shape index (κ3) is 2.99. The van der Waals surface area contributed by atoms with Crippen molar-refractivity contribution in [3.8, 4) is 0 Å². The van der Waals surface area contributed by atoms with Crippen LogP contribution in [0.25, 0.3) is 0 Å². The highest BCUT2D eigenvalue weighted by atomic mass is 79.9. The van der Waals surface area contributed by atoms with E-state index in [-0.39, 0.29) is 11.7 Å². The van der Waals surface area contributed by atoms with E-state index in [1.807, 2.05) is 6.07 Å². The number of hydrogen-bond donors (Lipinski definition) is 0. The Morgan fingerprint density at radius 2 is 1.67 bits per heavy atom. The first-order valence-electron chi connectivity index (χ1n) is 6.22. The molecule has 1 aliphatic heterocycles. The van der Waals surface area contributed by atoms with Crippen molar-refractivity contribution < 1.29 is 9.59 Å². The van der Waals surface area contributed by atoms with E-state index >= 15 is 0 Å². The van der Waals surface area contributed by atoms with Gasteiger partial charge in [-0.3, -0.25) is 9.59 Å². The predicted molar refractivity (Wildman–Crippen MR) is 73.9 cm³/mol. The van der Waals surface area contributed by atoms with Crippen molar-refractivity contribution in [3.63, 3.8) is 0 Å². The lowest BCUT2D eigenvalue weighted by Gasteiger charge is -2.28. The Morgan fingerprint density at radius 3 is 2.28 bits per heavy atom. The second kappa shape index (κ2) is 6.14. The number of alkyl halides is 1. The Labute approximate surface area is 115 Å². The maximum atomic E-state index is 12.2. The van der Waals surface area contributed by atoms with Gasteiger partial charge in [-0.1, -0.05) is 46.3 Å². The lowest BCUT2D eigenvalue weighted by molar-refractivity contribution is -0.130. The molecule has 0 aromatic heterocycles. The number of piperidine rings is 1. The van der Waals surface area contributed by atoms with Gasteiger partial charge < -0.3 is 4.90 Å². The lowest BCUT2D eigenvalue weighted by atomic mass is 10.1. The van der Waals surface area contributed by atoms with Crippen LogP contribution in [0.5, 0.6) is 0 Å². The quantitative estimate of drug-likeness (QED) is 0.489. The Bertz CT molecular complexity index is 427. The van der Waals surface area contributed by atoms with Crippen LogP contribution in [-0.4, -0.2) is 34.5 Å². The fraction of sp³-hybridized carbons (Fsp3) is 0.429. The molecule has 0 bridgehead atoms. The summed E-state index contributed by atoms with van der Waals surface area (Å²) in [5, 5.41) is 0. The maximum Gasteiger partial charge on any atom is 0.244 e. The first-order valence-corrected chi connectivity index (χ1v) is 7.14. The second-order valence-electron chi connectivity index (χ2n) is 4.48. The van der Waals surface area contributed by atoms with Gasteiger partial charge in [0.05, 0.1) is 0 Å². The van der Waals surface area contributed by atoms with Gasteiger partial charge >= 0.3 is 0 Å².